The molecule has 0 spiro atoms. The van der Waals surface area contributed by atoms with Gasteiger partial charge in [-0.1, -0.05) is 23.8 Å². The zero-order chi connectivity index (χ0) is 26.7. The minimum absolute atomic E-state index is 0.0859. The Morgan fingerprint density at radius 1 is 0.816 bits per heavy atom. The van der Waals surface area contributed by atoms with E-state index in [-0.39, 0.29) is 11.6 Å². The Bertz CT molecular complexity index is 1220. The van der Waals surface area contributed by atoms with Crippen LogP contribution in [0.3, 0.4) is 0 Å². The molecule has 2 aliphatic rings. The summed E-state index contributed by atoms with van der Waals surface area (Å²) in [5, 5.41) is 5.15. The first-order chi connectivity index (χ1) is 18.2. The summed E-state index contributed by atoms with van der Waals surface area (Å²) in [4.78, 5) is 15.2. The standard InChI is InChI=1S/C29H34F3N5O/c1-21-3-7-25(8-4-21)35-15-17-36(18-16-35)26-9-12-33-28(20-26)38-37-13-10-23(11-14-37)34-24-6-5-22(2)27(19-24)29(30,31)32/h3-9,12,19-20,23,34H,10-11,13-18H2,1-2H3. The van der Waals surface area contributed by atoms with E-state index >= 15 is 0 Å². The highest BCUT2D eigenvalue weighted by Crippen LogP contribution is 2.34. The molecule has 2 saturated heterocycles. The molecule has 0 unspecified atom stereocenters. The SMILES string of the molecule is Cc1ccc(N2CCN(c3ccnc(ON4CCC(Nc5ccc(C)c(C(F)(F)F)c5)CC4)c3)CC2)cc1. The van der Waals surface area contributed by atoms with Gasteiger partial charge in [0.2, 0.25) is 5.88 Å². The van der Waals surface area contributed by atoms with Crippen LogP contribution < -0.4 is 20.0 Å². The molecule has 9 heteroatoms. The van der Waals surface area contributed by atoms with E-state index in [1.807, 2.05) is 17.2 Å². The van der Waals surface area contributed by atoms with Crippen LogP contribution in [0.5, 0.6) is 5.88 Å². The number of hydroxylamine groups is 2. The first-order valence-electron chi connectivity index (χ1n) is 13.1. The largest absolute Gasteiger partial charge is 0.416 e. The highest BCUT2D eigenvalue weighted by atomic mass is 19.4. The summed E-state index contributed by atoms with van der Waals surface area (Å²) in [7, 11) is 0. The molecule has 202 valence electrons. The van der Waals surface area contributed by atoms with E-state index in [2.05, 4.69) is 51.3 Å². The fourth-order valence-corrected chi connectivity index (χ4v) is 5.10. The van der Waals surface area contributed by atoms with Crippen LogP contribution in [0, 0.1) is 13.8 Å². The van der Waals surface area contributed by atoms with Crippen LogP contribution in [-0.4, -0.2) is 55.4 Å². The number of alkyl halides is 3. The number of piperidine rings is 1. The number of hydrogen-bond acceptors (Lipinski definition) is 6. The molecule has 3 heterocycles. The number of nitrogens with zero attached hydrogens (tertiary/aromatic N) is 4. The van der Waals surface area contributed by atoms with Gasteiger partial charge in [-0.15, -0.1) is 5.06 Å². The second kappa shape index (κ2) is 11.1. The molecular weight excluding hydrogens is 491 g/mol. The predicted molar refractivity (Wildman–Crippen MR) is 145 cm³/mol. The molecule has 2 aliphatic heterocycles. The third-order valence-corrected chi connectivity index (χ3v) is 7.35. The molecule has 1 aromatic heterocycles. The summed E-state index contributed by atoms with van der Waals surface area (Å²) < 4.78 is 39.8. The second-order valence-corrected chi connectivity index (χ2v) is 10.1. The summed E-state index contributed by atoms with van der Waals surface area (Å²) in [6.45, 7) is 8.66. The predicted octanol–water partition coefficient (Wildman–Crippen LogP) is 5.91. The summed E-state index contributed by atoms with van der Waals surface area (Å²) >= 11 is 0. The average molecular weight is 526 g/mol. The number of rotatable bonds is 6. The van der Waals surface area contributed by atoms with Gasteiger partial charge in [0.25, 0.3) is 0 Å². The molecule has 0 atom stereocenters. The fraction of sp³-hybridized carbons (Fsp3) is 0.414. The lowest BCUT2D eigenvalue weighted by Crippen LogP contribution is -2.46. The van der Waals surface area contributed by atoms with Gasteiger partial charge in [0, 0.05) is 74.6 Å². The highest BCUT2D eigenvalue weighted by Gasteiger charge is 2.32. The number of pyridine rings is 1. The minimum atomic E-state index is -4.35. The zero-order valence-corrected chi connectivity index (χ0v) is 21.8. The van der Waals surface area contributed by atoms with Gasteiger partial charge in [0.05, 0.1) is 5.56 Å². The number of halogens is 3. The van der Waals surface area contributed by atoms with Crippen molar-refractivity contribution in [3.63, 3.8) is 0 Å². The lowest BCUT2D eigenvalue weighted by atomic mass is 10.0. The Labute approximate surface area is 222 Å². The van der Waals surface area contributed by atoms with Crippen LogP contribution in [0.4, 0.5) is 30.2 Å². The number of aryl methyl sites for hydroxylation is 2. The van der Waals surface area contributed by atoms with E-state index in [1.165, 1.54) is 30.3 Å². The fourth-order valence-electron chi connectivity index (χ4n) is 5.10. The molecule has 2 fully saturated rings. The van der Waals surface area contributed by atoms with Crippen LogP contribution >= 0.6 is 0 Å². The Kier molecular flexibility index (Phi) is 7.65. The monoisotopic (exact) mass is 525 g/mol. The molecule has 0 amide bonds. The van der Waals surface area contributed by atoms with Gasteiger partial charge in [0.1, 0.15) is 0 Å². The van der Waals surface area contributed by atoms with Crippen molar-refractivity contribution in [3.8, 4) is 5.88 Å². The van der Waals surface area contributed by atoms with Crippen molar-refractivity contribution < 1.29 is 18.0 Å². The Morgan fingerprint density at radius 3 is 2.13 bits per heavy atom. The van der Waals surface area contributed by atoms with E-state index < -0.39 is 11.7 Å². The third-order valence-electron chi connectivity index (χ3n) is 7.35. The average Bonchev–Trinajstić information content (AvgIpc) is 2.91. The maximum atomic E-state index is 13.3. The maximum absolute atomic E-state index is 13.3. The summed E-state index contributed by atoms with van der Waals surface area (Å²) in [5.74, 6) is 0.559. The van der Waals surface area contributed by atoms with Crippen molar-refractivity contribution in [1.82, 2.24) is 10.0 Å². The van der Waals surface area contributed by atoms with Crippen molar-refractivity contribution in [2.24, 2.45) is 0 Å². The molecule has 3 aromatic rings. The van der Waals surface area contributed by atoms with Gasteiger partial charge in [-0.2, -0.15) is 13.2 Å². The maximum Gasteiger partial charge on any atom is 0.416 e. The Balaban J connectivity index is 1.11. The molecule has 0 bridgehead atoms. The first kappa shape index (κ1) is 26.2. The first-order valence-corrected chi connectivity index (χ1v) is 13.1. The van der Waals surface area contributed by atoms with E-state index in [4.69, 9.17) is 4.84 Å². The quantitative estimate of drug-likeness (QED) is 0.432. The number of anilines is 3. The number of benzene rings is 2. The van der Waals surface area contributed by atoms with Crippen molar-refractivity contribution in [2.75, 3.05) is 54.4 Å². The molecular formula is C29H34F3N5O. The van der Waals surface area contributed by atoms with Crippen LogP contribution in [0.2, 0.25) is 0 Å². The van der Waals surface area contributed by atoms with Gasteiger partial charge in [0.15, 0.2) is 0 Å². The lowest BCUT2D eigenvalue weighted by molar-refractivity contribution is -0.138. The molecule has 0 aliphatic carbocycles. The molecule has 5 rings (SSSR count). The normalized spacial score (nSPS) is 17.5. The van der Waals surface area contributed by atoms with Gasteiger partial charge in [-0.25, -0.2) is 4.98 Å². The summed E-state index contributed by atoms with van der Waals surface area (Å²) in [6, 6.07) is 17.2. The van der Waals surface area contributed by atoms with Gasteiger partial charge >= 0.3 is 6.18 Å². The highest BCUT2D eigenvalue weighted by molar-refractivity contribution is 5.53. The van der Waals surface area contributed by atoms with E-state index in [0.29, 0.717) is 24.7 Å². The zero-order valence-electron chi connectivity index (χ0n) is 21.8. The van der Waals surface area contributed by atoms with Crippen LogP contribution in [0.1, 0.15) is 29.5 Å². The van der Waals surface area contributed by atoms with Gasteiger partial charge in [-0.05, 0) is 62.6 Å². The number of hydrogen-bond donors (Lipinski definition) is 1. The van der Waals surface area contributed by atoms with E-state index in [0.717, 1.165) is 44.7 Å². The van der Waals surface area contributed by atoms with E-state index in [1.54, 1.807) is 12.3 Å². The molecule has 1 N–H and O–H groups in total. The molecule has 2 aromatic carbocycles. The molecule has 0 radical (unpaired) electrons. The smallest absolute Gasteiger partial charge is 0.386 e. The summed E-state index contributed by atoms with van der Waals surface area (Å²) in [6.07, 6.45) is -1.05. The molecule has 0 saturated carbocycles. The van der Waals surface area contributed by atoms with Crippen molar-refractivity contribution in [1.29, 1.82) is 0 Å². The lowest BCUT2D eigenvalue weighted by Gasteiger charge is -2.37. The number of aromatic nitrogens is 1. The van der Waals surface area contributed by atoms with Crippen molar-refractivity contribution >= 4 is 17.1 Å². The van der Waals surface area contributed by atoms with Crippen molar-refractivity contribution in [2.45, 2.75) is 38.9 Å². The number of piperazine rings is 1. The number of nitrogens with one attached hydrogen (secondary N) is 1. The van der Waals surface area contributed by atoms with Gasteiger partial charge in [-0.3, -0.25) is 0 Å². The van der Waals surface area contributed by atoms with Crippen molar-refractivity contribution in [3.05, 3.63) is 77.5 Å². The third kappa shape index (κ3) is 6.32. The molecule has 38 heavy (non-hydrogen) atoms. The van der Waals surface area contributed by atoms with Crippen LogP contribution in [-0.2, 0) is 6.18 Å². The van der Waals surface area contributed by atoms with Crippen LogP contribution in [0.25, 0.3) is 0 Å². The van der Waals surface area contributed by atoms with Gasteiger partial charge < -0.3 is 20.0 Å². The Morgan fingerprint density at radius 2 is 1.47 bits per heavy atom. The molecule has 6 nitrogen and oxygen atoms in total. The van der Waals surface area contributed by atoms with Crippen LogP contribution in [0.15, 0.2) is 60.8 Å². The summed E-state index contributed by atoms with van der Waals surface area (Å²) in [5.41, 5.74) is 3.76. The minimum Gasteiger partial charge on any atom is -0.386 e. The second-order valence-electron chi connectivity index (χ2n) is 10.1. The Hall–Kier alpha value is -3.46. The topological polar surface area (TPSA) is 43.9 Å². The van der Waals surface area contributed by atoms with E-state index in [9.17, 15) is 13.2 Å².